The van der Waals surface area contributed by atoms with Gasteiger partial charge in [-0.2, -0.15) is 5.26 Å². The molecule has 1 aliphatic heterocycles. The normalized spacial score (nSPS) is 26.2. The molecule has 1 heterocycles. The number of rotatable bonds is 5. The summed E-state index contributed by atoms with van der Waals surface area (Å²) in [5.41, 5.74) is 0. The molecule has 2 rings (SSSR count). The number of hydrogen-bond donors (Lipinski definition) is 0. The summed E-state index contributed by atoms with van der Waals surface area (Å²) in [5, 5.41) is 9.23. The maximum atomic E-state index is 12.7. The Morgan fingerprint density at radius 1 is 1.21 bits per heavy atom. The second-order valence-electron chi connectivity index (χ2n) is 8.63. The summed E-state index contributed by atoms with van der Waals surface area (Å²) in [6.07, 6.45) is 3.77. The molecule has 0 N–H and O–H groups in total. The van der Waals surface area contributed by atoms with Gasteiger partial charge in [0.25, 0.3) is 0 Å². The number of likely N-dealkylation sites (tertiary alicyclic amines) is 1. The molecule has 134 valence electrons. The first-order chi connectivity index (χ1) is 11.1. The smallest absolute Gasteiger partial charge is 0.233 e. The van der Waals surface area contributed by atoms with E-state index in [2.05, 4.69) is 39.9 Å². The van der Waals surface area contributed by atoms with E-state index in [1.165, 1.54) is 4.90 Å². The van der Waals surface area contributed by atoms with Gasteiger partial charge in [0.1, 0.15) is 0 Å². The van der Waals surface area contributed by atoms with Gasteiger partial charge in [0.15, 0.2) is 8.32 Å². The van der Waals surface area contributed by atoms with Crippen molar-refractivity contribution in [2.24, 2.45) is 11.8 Å². The largest absolute Gasteiger partial charge is 0.415 e. The van der Waals surface area contributed by atoms with E-state index in [1.54, 1.807) is 0 Å². The van der Waals surface area contributed by atoms with Crippen molar-refractivity contribution in [1.82, 2.24) is 4.90 Å². The molecule has 2 aliphatic rings. The van der Waals surface area contributed by atoms with Crippen LogP contribution in [0.2, 0.25) is 18.1 Å². The van der Waals surface area contributed by atoms with Crippen molar-refractivity contribution in [2.45, 2.75) is 77.0 Å². The molecule has 3 atom stereocenters. The van der Waals surface area contributed by atoms with Crippen molar-refractivity contribution in [1.29, 1.82) is 5.26 Å². The van der Waals surface area contributed by atoms with Gasteiger partial charge in [0.05, 0.1) is 37.0 Å². The lowest BCUT2D eigenvalue weighted by Crippen LogP contribution is -2.48. The highest BCUT2D eigenvalue weighted by Crippen LogP contribution is 2.40. The van der Waals surface area contributed by atoms with Crippen molar-refractivity contribution < 1.29 is 14.0 Å². The molecule has 1 saturated heterocycles. The van der Waals surface area contributed by atoms with E-state index in [0.29, 0.717) is 0 Å². The quantitative estimate of drug-likeness (QED) is 0.562. The molecule has 5 nitrogen and oxygen atoms in total. The Bertz CT molecular complexity index is 523. The molecule has 0 spiro atoms. The zero-order valence-corrected chi connectivity index (χ0v) is 16.6. The summed E-state index contributed by atoms with van der Waals surface area (Å²) < 4.78 is 6.21. The van der Waals surface area contributed by atoms with Gasteiger partial charge in [0, 0.05) is 0 Å². The fraction of sp³-hybridized carbons (Fsp3) is 0.833. The van der Waals surface area contributed by atoms with Crippen LogP contribution in [0.5, 0.6) is 0 Å². The average molecular weight is 351 g/mol. The zero-order chi connectivity index (χ0) is 18.1. The summed E-state index contributed by atoms with van der Waals surface area (Å²) in [5.74, 6) is -0.492. The molecular formula is C18H30N2O3Si. The number of imide groups is 1. The second kappa shape index (κ2) is 6.97. The second-order valence-corrected chi connectivity index (χ2v) is 13.4. The number of hydrogen-bond acceptors (Lipinski definition) is 4. The minimum atomic E-state index is -1.99. The maximum Gasteiger partial charge on any atom is 0.233 e. The van der Waals surface area contributed by atoms with Crippen LogP contribution in [0.15, 0.2) is 0 Å². The first kappa shape index (κ1) is 19.1. The van der Waals surface area contributed by atoms with Gasteiger partial charge < -0.3 is 4.43 Å². The van der Waals surface area contributed by atoms with Gasteiger partial charge in [-0.15, -0.1) is 0 Å². The number of amides is 2. The summed E-state index contributed by atoms with van der Waals surface area (Å²) >= 11 is 0. The number of carbonyl (C=O) groups is 2. The Morgan fingerprint density at radius 3 is 2.12 bits per heavy atom. The van der Waals surface area contributed by atoms with E-state index in [9.17, 15) is 14.9 Å². The third-order valence-electron chi connectivity index (χ3n) is 6.01. The monoisotopic (exact) mass is 350 g/mol. The minimum absolute atomic E-state index is 0.0528. The summed E-state index contributed by atoms with van der Waals surface area (Å²) in [4.78, 5) is 26.9. The predicted octanol–water partition coefficient (Wildman–Crippen LogP) is 3.47. The van der Waals surface area contributed by atoms with Crippen molar-refractivity contribution >= 4 is 20.1 Å². The lowest BCUT2D eigenvalue weighted by atomic mass is 9.81. The first-order valence-corrected chi connectivity index (χ1v) is 11.9. The molecule has 1 saturated carbocycles. The molecule has 0 aromatic carbocycles. The van der Waals surface area contributed by atoms with Crippen LogP contribution in [-0.4, -0.2) is 37.7 Å². The Hall–Kier alpha value is -1.19. The van der Waals surface area contributed by atoms with Gasteiger partial charge in [-0.25, -0.2) is 0 Å². The fourth-order valence-corrected chi connectivity index (χ4v) is 4.44. The number of fused-ring (bicyclic) bond motifs is 1. The van der Waals surface area contributed by atoms with Crippen LogP contribution in [0.1, 0.15) is 52.9 Å². The molecule has 0 bridgehead atoms. The van der Waals surface area contributed by atoms with Crippen LogP contribution in [0.25, 0.3) is 0 Å². The lowest BCUT2D eigenvalue weighted by Gasteiger charge is -2.38. The minimum Gasteiger partial charge on any atom is -0.415 e. The van der Waals surface area contributed by atoms with E-state index < -0.39 is 14.4 Å². The van der Waals surface area contributed by atoms with E-state index in [0.717, 1.165) is 25.7 Å². The third-order valence-corrected chi connectivity index (χ3v) is 10.5. The number of nitrogens with zero attached hydrogens (tertiary/aromatic N) is 2. The third kappa shape index (κ3) is 3.57. The Morgan fingerprint density at radius 2 is 1.71 bits per heavy atom. The fourth-order valence-electron chi connectivity index (χ4n) is 3.40. The van der Waals surface area contributed by atoms with Crippen LogP contribution in [-0.2, 0) is 14.0 Å². The van der Waals surface area contributed by atoms with Crippen molar-refractivity contribution in [3.8, 4) is 6.07 Å². The topological polar surface area (TPSA) is 70.4 Å². The average Bonchev–Trinajstić information content (AvgIpc) is 2.75. The van der Waals surface area contributed by atoms with Gasteiger partial charge in [-0.3, -0.25) is 14.5 Å². The standard InChI is InChI=1S/C18H30N2O3Si/c1-18(2,3)24(4,5)23-12-13(10-11-19)20-16(21)14-8-6-7-9-15(14)17(20)22/h13-15H,6-10,12H2,1-5H3/t13-,14-,15+/m1/s1. The van der Waals surface area contributed by atoms with Crippen molar-refractivity contribution in [2.75, 3.05) is 6.61 Å². The van der Waals surface area contributed by atoms with Gasteiger partial charge in [-0.05, 0) is 31.0 Å². The molecule has 0 unspecified atom stereocenters. The SMILES string of the molecule is CC(C)(C)[Si](C)(C)OC[C@@H](CC#N)N1C(=O)[C@H]2CCCC[C@H]2C1=O. The summed E-state index contributed by atoms with van der Waals surface area (Å²) in [7, 11) is -1.99. The van der Waals surface area contributed by atoms with Gasteiger partial charge in [-0.1, -0.05) is 33.6 Å². The zero-order valence-electron chi connectivity index (χ0n) is 15.6. The number of carbonyl (C=O) groups excluding carboxylic acids is 2. The molecule has 2 fully saturated rings. The molecule has 0 aromatic heterocycles. The maximum absolute atomic E-state index is 12.7. The van der Waals surface area contributed by atoms with Gasteiger partial charge in [0.2, 0.25) is 11.8 Å². The Labute approximate surface area is 146 Å². The molecular weight excluding hydrogens is 320 g/mol. The van der Waals surface area contributed by atoms with Crippen molar-refractivity contribution in [3.63, 3.8) is 0 Å². The van der Waals surface area contributed by atoms with Crippen LogP contribution < -0.4 is 0 Å². The van der Waals surface area contributed by atoms with Crippen molar-refractivity contribution in [3.05, 3.63) is 0 Å². The van der Waals surface area contributed by atoms with E-state index in [1.807, 2.05) is 0 Å². The Balaban J connectivity index is 2.14. The van der Waals surface area contributed by atoms with Crippen LogP contribution in [0.3, 0.4) is 0 Å². The highest BCUT2D eigenvalue weighted by molar-refractivity contribution is 6.74. The highest BCUT2D eigenvalue weighted by Gasteiger charge is 2.50. The summed E-state index contributed by atoms with van der Waals surface area (Å²) in [6, 6.07) is 1.68. The Kier molecular flexibility index (Phi) is 5.56. The number of nitriles is 1. The van der Waals surface area contributed by atoms with Gasteiger partial charge >= 0.3 is 0 Å². The van der Waals surface area contributed by atoms with Crippen LogP contribution in [0, 0.1) is 23.2 Å². The molecule has 1 aliphatic carbocycles. The van der Waals surface area contributed by atoms with E-state index in [-0.39, 0.29) is 41.7 Å². The molecule has 6 heteroatoms. The van der Waals surface area contributed by atoms with E-state index in [4.69, 9.17) is 4.43 Å². The highest BCUT2D eigenvalue weighted by atomic mass is 28.4. The first-order valence-electron chi connectivity index (χ1n) is 8.98. The molecule has 0 radical (unpaired) electrons. The molecule has 24 heavy (non-hydrogen) atoms. The lowest BCUT2D eigenvalue weighted by molar-refractivity contribution is -0.143. The predicted molar refractivity (Wildman–Crippen MR) is 94.5 cm³/mol. The molecule has 0 aromatic rings. The molecule has 2 amide bonds. The van der Waals surface area contributed by atoms with E-state index >= 15 is 0 Å². The summed E-state index contributed by atoms with van der Waals surface area (Å²) in [6.45, 7) is 11.0. The van der Waals surface area contributed by atoms with Crippen LogP contribution >= 0.6 is 0 Å². The van der Waals surface area contributed by atoms with Crippen LogP contribution in [0.4, 0.5) is 0 Å².